The van der Waals surface area contributed by atoms with Crippen molar-refractivity contribution < 1.29 is 0 Å². The molecule has 0 atom stereocenters. The summed E-state index contributed by atoms with van der Waals surface area (Å²) >= 11 is 3.83. The maximum Gasteiger partial charge on any atom is 0.0448 e. The van der Waals surface area contributed by atoms with Gasteiger partial charge in [0.2, 0.25) is 0 Å². The van der Waals surface area contributed by atoms with Crippen molar-refractivity contribution in [3.05, 3.63) is 146 Å². The number of benzene rings is 8. The van der Waals surface area contributed by atoms with E-state index in [1.54, 1.807) is 0 Å². The molecular weight excluding hydrogens is 569 g/mol. The molecule has 10 aromatic rings. The van der Waals surface area contributed by atoms with Crippen LogP contribution >= 0.6 is 22.7 Å². The molecule has 2 heterocycles. The van der Waals surface area contributed by atoms with Crippen molar-refractivity contribution in [3.63, 3.8) is 0 Å². The molecule has 10 rings (SSSR count). The van der Waals surface area contributed by atoms with Crippen molar-refractivity contribution in [1.29, 1.82) is 0 Å². The Bertz CT molecular complexity index is 2710. The van der Waals surface area contributed by atoms with Crippen molar-refractivity contribution in [2.45, 2.75) is 0 Å². The zero-order chi connectivity index (χ0) is 28.8. The molecule has 0 spiro atoms. The van der Waals surface area contributed by atoms with Crippen molar-refractivity contribution in [2.75, 3.05) is 0 Å². The fourth-order valence-electron chi connectivity index (χ4n) is 7.37. The van der Waals surface area contributed by atoms with Gasteiger partial charge in [-0.15, -0.1) is 22.7 Å². The summed E-state index contributed by atoms with van der Waals surface area (Å²) in [5, 5.41) is 13.2. The molecule has 44 heavy (non-hydrogen) atoms. The lowest BCUT2D eigenvalue weighted by molar-refractivity contribution is 1.69. The molecule has 0 unspecified atom stereocenters. The molecule has 8 aromatic carbocycles. The Morgan fingerprint density at radius 3 is 1.70 bits per heavy atom. The standard InChI is InChI=1S/C42H24S2/c1-2-12-27-25(10-1)11-9-18-29(27)40-32-16-5-3-14-30(32)39(31-15-4-6-17-33(31)40)26-20-22-37-35(24-26)41-38(43-37)23-21-34-28-13-7-8-19-36(28)44-42(34)41/h1-24H. The van der Waals surface area contributed by atoms with Gasteiger partial charge in [0, 0.05) is 40.3 Å². The molecule has 0 saturated carbocycles. The molecule has 0 saturated heterocycles. The van der Waals surface area contributed by atoms with Gasteiger partial charge in [0.1, 0.15) is 0 Å². The van der Waals surface area contributed by atoms with Crippen molar-refractivity contribution in [1.82, 2.24) is 0 Å². The SMILES string of the molecule is c1ccc2c(-c3c4ccccc4c(-c4ccc5sc6ccc7c8ccccc8sc7c6c5c4)c4ccccc34)cccc2c1. The molecule has 0 radical (unpaired) electrons. The van der Waals surface area contributed by atoms with Crippen LogP contribution in [0.5, 0.6) is 0 Å². The highest BCUT2D eigenvalue weighted by atomic mass is 32.1. The smallest absolute Gasteiger partial charge is 0.0448 e. The van der Waals surface area contributed by atoms with Crippen LogP contribution in [0.3, 0.4) is 0 Å². The van der Waals surface area contributed by atoms with E-state index in [0.29, 0.717) is 0 Å². The third-order valence-electron chi connectivity index (χ3n) is 9.26. The fourth-order valence-corrected chi connectivity index (χ4v) is 9.80. The third kappa shape index (κ3) is 3.38. The molecule has 0 N–H and O–H groups in total. The average molecular weight is 593 g/mol. The number of hydrogen-bond donors (Lipinski definition) is 0. The van der Waals surface area contributed by atoms with Crippen LogP contribution in [-0.2, 0) is 0 Å². The summed E-state index contributed by atoms with van der Waals surface area (Å²) in [6, 6.07) is 54.0. The number of thiophene rings is 2. The molecule has 0 aliphatic rings. The Kier molecular flexibility index (Phi) is 5.13. The minimum Gasteiger partial charge on any atom is -0.135 e. The molecule has 0 aliphatic heterocycles. The van der Waals surface area contributed by atoms with Crippen LogP contribution < -0.4 is 0 Å². The minimum absolute atomic E-state index is 1.27. The summed E-state index contributed by atoms with van der Waals surface area (Å²) in [6.07, 6.45) is 0. The fraction of sp³-hybridized carbons (Fsp3) is 0. The largest absolute Gasteiger partial charge is 0.135 e. The first-order valence-corrected chi connectivity index (χ1v) is 16.7. The van der Waals surface area contributed by atoms with Gasteiger partial charge in [0.05, 0.1) is 0 Å². The highest BCUT2D eigenvalue weighted by molar-refractivity contribution is 7.29. The van der Waals surface area contributed by atoms with Crippen LogP contribution in [0.1, 0.15) is 0 Å². The van der Waals surface area contributed by atoms with Gasteiger partial charge in [-0.2, -0.15) is 0 Å². The first-order valence-electron chi connectivity index (χ1n) is 15.0. The van der Waals surface area contributed by atoms with E-state index < -0.39 is 0 Å². The van der Waals surface area contributed by atoms with Crippen LogP contribution in [-0.4, -0.2) is 0 Å². The van der Waals surface area contributed by atoms with E-state index in [1.165, 1.54) is 94.9 Å². The highest BCUT2D eigenvalue weighted by Crippen LogP contribution is 2.48. The summed E-state index contributed by atoms with van der Waals surface area (Å²) in [5.74, 6) is 0. The van der Waals surface area contributed by atoms with Gasteiger partial charge >= 0.3 is 0 Å². The Labute approximate surface area is 262 Å². The molecular formula is C42H24S2. The molecule has 0 fully saturated rings. The molecule has 204 valence electrons. The Hall–Kier alpha value is -5.02. The zero-order valence-electron chi connectivity index (χ0n) is 23.7. The van der Waals surface area contributed by atoms with Gasteiger partial charge in [-0.25, -0.2) is 0 Å². The van der Waals surface area contributed by atoms with Crippen LogP contribution in [0.25, 0.3) is 94.9 Å². The van der Waals surface area contributed by atoms with Gasteiger partial charge < -0.3 is 0 Å². The Balaban J connectivity index is 1.32. The van der Waals surface area contributed by atoms with E-state index in [4.69, 9.17) is 0 Å². The lowest BCUT2D eigenvalue weighted by atomic mass is 9.84. The van der Waals surface area contributed by atoms with E-state index in [9.17, 15) is 0 Å². The number of rotatable bonds is 2. The second-order valence-electron chi connectivity index (χ2n) is 11.6. The summed E-state index contributed by atoms with van der Waals surface area (Å²) in [6.45, 7) is 0. The first-order chi connectivity index (χ1) is 21.8. The summed E-state index contributed by atoms with van der Waals surface area (Å²) in [4.78, 5) is 0. The molecule has 2 aromatic heterocycles. The van der Waals surface area contributed by atoms with E-state index in [2.05, 4.69) is 146 Å². The van der Waals surface area contributed by atoms with E-state index >= 15 is 0 Å². The van der Waals surface area contributed by atoms with Gasteiger partial charge in [-0.3, -0.25) is 0 Å². The maximum atomic E-state index is 2.46. The van der Waals surface area contributed by atoms with Crippen LogP contribution in [0.4, 0.5) is 0 Å². The minimum atomic E-state index is 1.27. The Morgan fingerprint density at radius 2 is 0.932 bits per heavy atom. The van der Waals surface area contributed by atoms with Crippen LogP contribution in [0.15, 0.2) is 146 Å². The summed E-state index contributed by atoms with van der Waals surface area (Å²) < 4.78 is 5.45. The highest BCUT2D eigenvalue weighted by Gasteiger charge is 2.19. The monoisotopic (exact) mass is 592 g/mol. The van der Waals surface area contributed by atoms with Crippen molar-refractivity contribution >= 4 is 95.3 Å². The van der Waals surface area contributed by atoms with Crippen LogP contribution in [0.2, 0.25) is 0 Å². The van der Waals surface area contributed by atoms with E-state index in [-0.39, 0.29) is 0 Å². The second-order valence-corrected chi connectivity index (χ2v) is 13.7. The van der Waals surface area contributed by atoms with Crippen molar-refractivity contribution in [3.8, 4) is 22.3 Å². The van der Waals surface area contributed by atoms with Gasteiger partial charge in [-0.1, -0.05) is 121 Å². The summed E-state index contributed by atoms with van der Waals surface area (Å²) in [7, 11) is 0. The summed E-state index contributed by atoms with van der Waals surface area (Å²) in [5.41, 5.74) is 5.18. The predicted octanol–water partition coefficient (Wildman–Crippen LogP) is 13.2. The molecule has 0 aliphatic carbocycles. The molecule has 2 heteroatoms. The van der Waals surface area contributed by atoms with E-state index in [0.717, 1.165) is 0 Å². The number of fused-ring (bicyclic) bond motifs is 10. The predicted molar refractivity (Wildman–Crippen MR) is 196 cm³/mol. The quantitative estimate of drug-likeness (QED) is 0.175. The topological polar surface area (TPSA) is 0 Å². The van der Waals surface area contributed by atoms with Crippen LogP contribution in [0, 0.1) is 0 Å². The van der Waals surface area contributed by atoms with Gasteiger partial charge in [0.15, 0.2) is 0 Å². The zero-order valence-corrected chi connectivity index (χ0v) is 25.3. The lowest BCUT2D eigenvalue weighted by Gasteiger charge is -2.19. The van der Waals surface area contributed by atoms with Gasteiger partial charge in [0.25, 0.3) is 0 Å². The Morgan fingerprint density at radius 1 is 0.341 bits per heavy atom. The average Bonchev–Trinajstić information content (AvgIpc) is 3.65. The maximum absolute atomic E-state index is 2.46. The lowest BCUT2D eigenvalue weighted by Crippen LogP contribution is -1.91. The van der Waals surface area contributed by atoms with Gasteiger partial charge in [-0.05, 0) is 78.8 Å². The molecule has 0 nitrogen and oxygen atoms in total. The number of hydrogen-bond acceptors (Lipinski definition) is 2. The third-order valence-corrected chi connectivity index (χ3v) is 11.6. The van der Waals surface area contributed by atoms with E-state index in [1.807, 2.05) is 22.7 Å². The molecule has 0 bridgehead atoms. The van der Waals surface area contributed by atoms with Crippen molar-refractivity contribution in [2.24, 2.45) is 0 Å². The first kappa shape index (κ1) is 24.4. The second kappa shape index (κ2) is 9.24. The normalized spacial score (nSPS) is 12.1. The molecule has 0 amide bonds.